The van der Waals surface area contributed by atoms with Crippen LogP contribution in [0.15, 0.2) is 24.3 Å². The number of nitrogens with one attached hydrogen (secondary N) is 4. The highest BCUT2D eigenvalue weighted by Crippen LogP contribution is 2.39. The molecule has 21 N–H and O–H groups in total. The summed E-state index contributed by atoms with van der Waals surface area (Å²) in [5, 5.41) is 202. The molecule has 6 aliphatic rings. The molecular formula is C86H154N4O33. The third kappa shape index (κ3) is 35.1. The number of hydrogen-bond donors (Lipinski definition) is 21. The van der Waals surface area contributed by atoms with Crippen molar-refractivity contribution in [1.29, 1.82) is 0 Å². The van der Waals surface area contributed by atoms with Gasteiger partial charge in [-0.2, -0.15) is 0 Å². The molecule has 32 atom stereocenters. The van der Waals surface area contributed by atoms with Gasteiger partial charge in [-0.05, 0) is 44.9 Å². The number of unbranched alkanes of at least 4 members (excludes halogenated alkanes) is 30. The molecule has 37 heteroatoms. The van der Waals surface area contributed by atoms with Crippen molar-refractivity contribution in [3.8, 4) is 0 Å². The summed E-state index contributed by atoms with van der Waals surface area (Å²) in [7, 11) is 0. The van der Waals surface area contributed by atoms with Gasteiger partial charge in [-0.25, -0.2) is 0 Å². The Hall–Kier alpha value is -3.80. The summed E-state index contributed by atoms with van der Waals surface area (Å²) >= 11 is 0. The van der Waals surface area contributed by atoms with Gasteiger partial charge in [-0.3, -0.25) is 19.2 Å². The van der Waals surface area contributed by atoms with Crippen molar-refractivity contribution in [2.45, 2.75) is 449 Å². The van der Waals surface area contributed by atoms with Gasteiger partial charge in [0.05, 0.1) is 58.4 Å². The summed E-state index contributed by atoms with van der Waals surface area (Å²) in [5.74, 6) is -2.85. The quantitative estimate of drug-likeness (QED) is 0.0293. The molecule has 0 radical (unpaired) electrons. The first-order valence-electron chi connectivity index (χ1n) is 45.6. The minimum absolute atomic E-state index is 0.165. The normalized spacial score (nSPS) is 34.9. The number of aliphatic hydroxyl groups excluding tert-OH is 17. The number of aliphatic hydroxyl groups is 17. The molecule has 6 rings (SSSR count). The zero-order valence-electron chi connectivity index (χ0n) is 72.9. The zero-order chi connectivity index (χ0) is 89.9. The summed E-state index contributed by atoms with van der Waals surface area (Å²) in [6.45, 7) is 0.883. The first-order valence-corrected chi connectivity index (χ1v) is 45.6. The van der Waals surface area contributed by atoms with Crippen LogP contribution in [0.2, 0.25) is 0 Å². The average Bonchev–Trinajstić information content (AvgIpc) is 0.759. The van der Waals surface area contributed by atoms with Crippen molar-refractivity contribution in [3.05, 3.63) is 24.3 Å². The summed E-state index contributed by atoms with van der Waals surface area (Å²) < 4.78 is 72.9. The lowest BCUT2D eigenvalue weighted by molar-refractivity contribution is -0.398. The van der Waals surface area contributed by atoms with E-state index in [-0.39, 0.29) is 12.3 Å². The molecule has 6 aliphatic heterocycles. The highest BCUT2D eigenvalue weighted by atomic mass is 16.8. The third-order valence-electron chi connectivity index (χ3n) is 23.8. The van der Waals surface area contributed by atoms with Crippen LogP contribution in [0.25, 0.3) is 0 Å². The Morgan fingerprint density at radius 2 is 0.626 bits per heavy atom. The molecule has 4 amide bonds. The van der Waals surface area contributed by atoms with Gasteiger partial charge in [0, 0.05) is 27.2 Å². The van der Waals surface area contributed by atoms with Gasteiger partial charge < -0.3 is 165 Å². The number of carbonyl (C=O) groups excluding carboxylic acids is 4. The number of amides is 4. The number of carbonyl (C=O) groups is 4. The minimum atomic E-state index is -2.40. The van der Waals surface area contributed by atoms with E-state index in [0.717, 1.165) is 72.1 Å². The second-order valence-electron chi connectivity index (χ2n) is 33.9. The molecular weight excluding hydrogens is 1620 g/mol. The molecule has 716 valence electrons. The van der Waals surface area contributed by atoms with E-state index in [2.05, 4.69) is 47.3 Å². The highest BCUT2D eigenvalue weighted by molar-refractivity contribution is 5.76. The van der Waals surface area contributed by atoms with Crippen LogP contribution in [0.3, 0.4) is 0 Å². The Kier molecular flexibility index (Phi) is 52.2. The van der Waals surface area contributed by atoms with Crippen molar-refractivity contribution in [3.63, 3.8) is 0 Å². The molecule has 0 spiro atoms. The number of hydrogen-bond acceptors (Lipinski definition) is 33. The average molecular weight is 1770 g/mol. The Morgan fingerprint density at radius 1 is 0.317 bits per heavy atom. The largest absolute Gasteiger partial charge is 0.394 e. The van der Waals surface area contributed by atoms with Crippen LogP contribution in [0, 0.1) is 0 Å². The predicted octanol–water partition coefficient (Wildman–Crippen LogP) is 0.617. The maximum Gasteiger partial charge on any atom is 0.220 e. The first-order chi connectivity index (χ1) is 59.2. The van der Waals surface area contributed by atoms with E-state index in [4.69, 9.17) is 56.8 Å². The first kappa shape index (κ1) is 108. The van der Waals surface area contributed by atoms with Crippen LogP contribution in [-0.2, 0) is 76.0 Å². The molecule has 0 aliphatic carbocycles. The lowest BCUT2D eigenvalue weighted by Crippen LogP contribution is -2.72. The van der Waals surface area contributed by atoms with Crippen LogP contribution in [0.4, 0.5) is 0 Å². The summed E-state index contributed by atoms with van der Waals surface area (Å²) in [5.41, 5.74) is 0. The molecule has 0 aromatic rings. The molecule has 12 unspecified atom stereocenters. The fourth-order valence-electron chi connectivity index (χ4n) is 16.6. The third-order valence-corrected chi connectivity index (χ3v) is 23.8. The smallest absolute Gasteiger partial charge is 0.220 e. The van der Waals surface area contributed by atoms with Crippen molar-refractivity contribution in [2.24, 2.45) is 0 Å². The maximum atomic E-state index is 13.6. The van der Waals surface area contributed by atoms with Gasteiger partial charge in [0.15, 0.2) is 37.7 Å². The van der Waals surface area contributed by atoms with E-state index in [1.807, 2.05) is 6.08 Å². The van der Waals surface area contributed by atoms with Gasteiger partial charge in [0.2, 0.25) is 23.6 Å². The Morgan fingerprint density at radius 3 is 1.03 bits per heavy atom. The van der Waals surface area contributed by atoms with Crippen molar-refractivity contribution in [1.82, 2.24) is 21.3 Å². The molecule has 37 nitrogen and oxygen atoms in total. The number of rotatable bonds is 60. The fraction of sp³-hybridized carbons (Fsp3) is 0.907. The SMILES string of the molecule is CCCCCCCC/C=C\CCCCCCCCCCCCCCCC(=O)N[C@@H](CO[C@@H]1OC(CO)[C@@H](O[C@@H]2OC(CO)[C@H](O[C@@H]3OC(CO)[C@H](O[C@@H]4OC(CO)[C@H](O)[C@H](O)C4NC(C)=O)[C@H](O[C@@H]4OC(CO)[C@H](O)[C@H](O[C@H]5OC(CO)[C@H](O)[C@H](O)C5NC(C)=O)C4NC(C)=O)C3O)[C@H](O)C2O)[C@H](O)C1O)[C@H](O)/C=C/CCCCCCCCCCCCC. The van der Waals surface area contributed by atoms with Crippen LogP contribution in [-0.4, -0.2) is 353 Å². The van der Waals surface area contributed by atoms with Gasteiger partial charge in [-0.15, -0.1) is 0 Å². The Bertz CT molecular complexity index is 2920. The number of ether oxygens (including phenoxy) is 12. The molecule has 6 saturated heterocycles. The topological polar surface area (TPSA) is 571 Å². The lowest BCUT2D eigenvalue weighted by Gasteiger charge is -2.52. The molecule has 6 heterocycles. The zero-order valence-corrected chi connectivity index (χ0v) is 72.9. The summed E-state index contributed by atoms with van der Waals surface area (Å²) in [6, 6.07) is -6.35. The highest BCUT2D eigenvalue weighted by Gasteiger charge is 2.59. The second-order valence-corrected chi connectivity index (χ2v) is 33.9. The van der Waals surface area contributed by atoms with E-state index < -0.39 is 260 Å². The molecule has 0 aromatic heterocycles. The molecule has 0 bridgehead atoms. The Labute approximate surface area is 724 Å². The maximum absolute atomic E-state index is 13.6. The van der Waals surface area contributed by atoms with E-state index in [1.54, 1.807) is 6.08 Å². The van der Waals surface area contributed by atoms with Gasteiger partial charge in [0.25, 0.3) is 0 Å². The minimum Gasteiger partial charge on any atom is -0.394 e. The van der Waals surface area contributed by atoms with Gasteiger partial charge in [0.1, 0.15) is 146 Å². The van der Waals surface area contributed by atoms with Crippen LogP contribution >= 0.6 is 0 Å². The molecule has 0 aromatic carbocycles. The summed E-state index contributed by atoms with van der Waals surface area (Å²) in [6.07, 6.45) is -7.70. The van der Waals surface area contributed by atoms with Crippen LogP contribution in [0.5, 0.6) is 0 Å². The fourth-order valence-corrected chi connectivity index (χ4v) is 16.6. The second kappa shape index (κ2) is 59.5. The van der Waals surface area contributed by atoms with Gasteiger partial charge in [-0.1, -0.05) is 205 Å². The Balaban J connectivity index is 1.12. The lowest BCUT2D eigenvalue weighted by atomic mass is 9.93. The van der Waals surface area contributed by atoms with E-state index in [0.29, 0.717) is 12.8 Å². The monoisotopic (exact) mass is 1770 g/mol. The predicted molar refractivity (Wildman–Crippen MR) is 442 cm³/mol. The summed E-state index contributed by atoms with van der Waals surface area (Å²) in [4.78, 5) is 52.0. The van der Waals surface area contributed by atoms with E-state index in [9.17, 15) is 106 Å². The van der Waals surface area contributed by atoms with Crippen LogP contribution in [0.1, 0.15) is 253 Å². The van der Waals surface area contributed by atoms with Crippen molar-refractivity contribution >= 4 is 23.6 Å². The van der Waals surface area contributed by atoms with E-state index in [1.165, 1.54) is 148 Å². The van der Waals surface area contributed by atoms with Gasteiger partial charge >= 0.3 is 0 Å². The van der Waals surface area contributed by atoms with Crippen molar-refractivity contribution < 1.29 is 163 Å². The van der Waals surface area contributed by atoms with Crippen LogP contribution < -0.4 is 21.3 Å². The van der Waals surface area contributed by atoms with E-state index >= 15 is 0 Å². The number of allylic oxidation sites excluding steroid dienone is 3. The molecule has 6 fully saturated rings. The molecule has 123 heavy (non-hydrogen) atoms. The molecule has 0 saturated carbocycles. The van der Waals surface area contributed by atoms with Crippen molar-refractivity contribution in [2.75, 3.05) is 46.2 Å². The standard InChI is InChI=1S/C86H154N4O33/c1-6-8-10-12-14-16-18-20-21-22-23-24-25-26-27-28-29-31-33-35-37-39-41-43-62(101)90-54(55(100)42-40-38-36-34-32-30-19-17-15-13-11-9-7-2)50-112-84-73(109)71(107)76(59(47-94)116-84)119-85-74(110)72(108)77(60(48-95)117-85)120-86-75(111)80(78(61(49-96)118-86)121-81-63(87-51(3)97)69(105)66(102)56(44-91)113-81)123-83-65(89-53(5)99)79(68(104)58(46-93)115-83)122-82-64(88-52(4)98)70(106)67(103)57(45-92)114-82/h20-21,40,42,54-61,63-86,91-96,100,102-111H,6-19,22-39,41,43-50H2,1-5H3,(H,87,97)(H,88,98)(H,89,99)(H,90,101)/b21-20-,42-40+/t54-,55+,56?,57?,58?,59?,60?,61?,63?,64?,65?,66-,67-,68-,69+,70+,71+,72+,73?,74?,75?,76+,77-,78-,79+,80+,81-,82+,83-,84+,85-,86-/m0/s1.